The lowest BCUT2D eigenvalue weighted by atomic mass is 9.81. The average molecular weight is 1200 g/mol. The Morgan fingerprint density at radius 1 is 0.894 bits per heavy atom. The number of nitrogens with one attached hydrogen (secondary N) is 3. The lowest BCUT2D eigenvalue weighted by molar-refractivity contribution is -0.144. The summed E-state index contributed by atoms with van der Waals surface area (Å²) in [7, 11) is 0. The number of aryl methyl sites for hydroxylation is 2. The molecule has 0 radical (unpaired) electrons. The van der Waals surface area contributed by atoms with Crippen LogP contribution in [0.15, 0.2) is 96.5 Å². The van der Waals surface area contributed by atoms with Crippen LogP contribution in [-0.2, 0) is 40.3 Å². The molecule has 3 aromatic heterocycles. The van der Waals surface area contributed by atoms with Crippen molar-refractivity contribution in [1.29, 1.82) is 0 Å². The Morgan fingerprint density at radius 3 is 2.40 bits per heavy atom. The number of aromatic carboxylic acids is 1. The van der Waals surface area contributed by atoms with E-state index in [0.717, 1.165) is 87.4 Å². The predicted octanol–water partition coefficient (Wildman–Crippen LogP) is 9.75. The van der Waals surface area contributed by atoms with Crippen molar-refractivity contribution in [2.75, 3.05) is 43.0 Å². The molecule has 3 aliphatic heterocycles. The van der Waals surface area contributed by atoms with Crippen LogP contribution >= 0.6 is 34.0 Å². The van der Waals surface area contributed by atoms with Crippen molar-refractivity contribution in [3.05, 3.63) is 141 Å². The lowest BCUT2D eigenvalue weighted by Gasteiger charge is -2.45. The molecule has 0 unspecified atom stereocenters. The largest absolute Gasteiger partial charge is 0.494 e. The number of aliphatic hydroxyl groups is 1. The van der Waals surface area contributed by atoms with Crippen LogP contribution in [-0.4, -0.2) is 122 Å². The maximum atomic E-state index is 14.2. The highest BCUT2D eigenvalue weighted by molar-refractivity contribution is 7.22. The van der Waals surface area contributed by atoms with E-state index in [1.165, 1.54) is 27.6 Å². The second kappa shape index (κ2) is 26.0. The van der Waals surface area contributed by atoms with E-state index in [4.69, 9.17) is 4.74 Å². The summed E-state index contributed by atoms with van der Waals surface area (Å²) >= 11 is 4.39. The van der Waals surface area contributed by atoms with E-state index in [1.54, 1.807) is 11.3 Å². The van der Waals surface area contributed by atoms with Gasteiger partial charge in [0.1, 0.15) is 17.8 Å². The molecule has 0 spiro atoms. The van der Waals surface area contributed by atoms with Crippen LogP contribution in [0.1, 0.15) is 119 Å². The number of carbonyl (C=O) groups excluding carboxylic acids is 4. The highest BCUT2D eigenvalue weighted by atomic mass is 32.1. The van der Waals surface area contributed by atoms with Gasteiger partial charge < -0.3 is 35.4 Å². The monoisotopic (exact) mass is 1200 g/mol. The smallest absolute Gasteiger partial charge is 0.355 e. The number of ether oxygens (including phenoxy) is 1. The van der Waals surface area contributed by atoms with E-state index in [0.29, 0.717) is 77.9 Å². The minimum Gasteiger partial charge on any atom is -0.494 e. The summed E-state index contributed by atoms with van der Waals surface area (Å²) in [6.45, 7) is 11.3. The highest BCUT2D eigenvalue weighted by Gasteiger charge is 2.45. The van der Waals surface area contributed by atoms with Crippen molar-refractivity contribution in [2.45, 2.75) is 123 Å². The summed E-state index contributed by atoms with van der Waals surface area (Å²) in [6.07, 6.45) is 5.24. The molecule has 2 saturated heterocycles. The normalized spacial score (nSPS) is 19.3. The van der Waals surface area contributed by atoms with Crippen LogP contribution < -0.4 is 25.6 Å². The number of fused-ring (bicyclic) bond motifs is 2. The fourth-order valence-corrected chi connectivity index (χ4v) is 14.8. The first-order chi connectivity index (χ1) is 41.0. The van der Waals surface area contributed by atoms with Crippen molar-refractivity contribution >= 4 is 84.1 Å². The van der Waals surface area contributed by atoms with Gasteiger partial charge in [0, 0.05) is 80.1 Å². The van der Waals surface area contributed by atoms with Crippen molar-refractivity contribution in [3.8, 4) is 28.0 Å². The number of benzene rings is 4. The number of para-hydroxylation sites is 1. The fraction of sp³-hybridized carbons (Fsp3) is 0.415. The molecule has 5 N–H and O–H groups in total. The molecule has 7 aromatic rings. The third-order valence-electron chi connectivity index (χ3n) is 16.7. The number of hydrogen-bond acceptors (Lipinski definition) is 15. The Morgan fingerprint density at radius 2 is 1.67 bits per heavy atom. The standard InChI is InChI=1S/C65H71N9O8S3/c1-39-57(83-38-67-39)45-22-16-42(17-23-45)33-66-60(78)52-32-47(75)36-74(52)61(79)58(65(2,3)4)69-55(76)31-41-18-24-46(25-19-41)73-34-43(35-73)15-14-40-20-26-48(27-21-40)82-30-8-13-54-56(62(80)81)70-64(85-54)72-29-28-44-9-7-10-49(50(44)37-72)59(77)71-63-68-51-11-5-6-12-53(51)84-63/h5-7,9-12,16-17,20-23,26-27,38,41,43,46-47,52,58,75H,8,13,18-19,24-25,28-37H2,1-4H3,(H,66,78)(H,69,76)(H,80,81)(H,68,71,77)/t41?,46?,47-,52+,58-/m1/s1. The van der Waals surface area contributed by atoms with E-state index >= 15 is 0 Å². The summed E-state index contributed by atoms with van der Waals surface area (Å²) in [5.74, 6) is 5.83. The van der Waals surface area contributed by atoms with Gasteiger partial charge in [-0.25, -0.2) is 19.7 Å². The molecule has 3 fully saturated rings. The second-order valence-electron chi connectivity index (χ2n) is 23.8. The zero-order valence-corrected chi connectivity index (χ0v) is 50.7. The molecule has 11 rings (SSSR count). The van der Waals surface area contributed by atoms with E-state index in [-0.39, 0.29) is 60.7 Å². The first-order valence-electron chi connectivity index (χ1n) is 29.3. The molecule has 1 saturated carbocycles. The van der Waals surface area contributed by atoms with E-state index in [9.17, 15) is 34.2 Å². The minimum absolute atomic E-state index is 0.0250. The Hall–Kier alpha value is -7.54. The van der Waals surface area contributed by atoms with Gasteiger partial charge in [0.15, 0.2) is 16.0 Å². The van der Waals surface area contributed by atoms with Gasteiger partial charge in [0.05, 0.1) is 39.0 Å². The molecule has 442 valence electrons. The predicted molar refractivity (Wildman–Crippen MR) is 332 cm³/mol. The average Bonchev–Trinajstić information content (AvgIpc) is 4.35. The van der Waals surface area contributed by atoms with Gasteiger partial charge in [-0.3, -0.25) is 29.4 Å². The second-order valence-corrected chi connectivity index (χ2v) is 26.8. The molecule has 4 amide bonds. The zero-order chi connectivity index (χ0) is 59.4. The Labute approximate surface area is 507 Å². The number of thiazole rings is 3. The number of carbonyl (C=O) groups is 5. The molecule has 20 heteroatoms. The van der Waals surface area contributed by atoms with Crippen LogP contribution in [0.5, 0.6) is 5.75 Å². The van der Waals surface area contributed by atoms with E-state index in [2.05, 4.69) is 52.5 Å². The van der Waals surface area contributed by atoms with Gasteiger partial charge >= 0.3 is 5.97 Å². The Balaban J connectivity index is 0.592. The van der Waals surface area contributed by atoms with Crippen LogP contribution in [0, 0.1) is 36.0 Å². The summed E-state index contributed by atoms with van der Waals surface area (Å²) < 4.78 is 7.08. The molecular formula is C65H71N9O8S3. The number of aromatic nitrogens is 3. The number of rotatable bonds is 18. The molecular weight excluding hydrogens is 1130 g/mol. The fourth-order valence-electron chi connectivity index (χ4n) is 12.0. The quantitative estimate of drug-likeness (QED) is 0.0400. The Kier molecular flexibility index (Phi) is 18.1. The number of aliphatic hydroxyl groups excluding tert-OH is 1. The number of β-amino-alcohol motifs (C(OH)–C–C–N with tert-alkyl or cyclic N) is 1. The topological polar surface area (TPSA) is 220 Å². The third kappa shape index (κ3) is 14.1. The van der Waals surface area contributed by atoms with Crippen molar-refractivity contribution in [1.82, 2.24) is 35.4 Å². The molecule has 6 heterocycles. The summed E-state index contributed by atoms with van der Waals surface area (Å²) in [5, 5.41) is 31.0. The minimum atomic E-state index is -1.07. The number of carboxylic acids is 1. The van der Waals surface area contributed by atoms with Gasteiger partial charge in [-0.05, 0) is 128 Å². The van der Waals surface area contributed by atoms with Crippen LogP contribution in [0.4, 0.5) is 10.3 Å². The van der Waals surface area contributed by atoms with Gasteiger partial charge in [0.2, 0.25) is 17.7 Å². The summed E-state index contributed by atoms with van der Waals surface area (Å²) in [6, 6.07) is 28.0. The maximum absolute atomic E-state index is 14.2. The highest BCUT2D eigenvalue weighted by Crippen LogP contribution is 2.36. The Bertz CT molecular complexity index is 3610. The zero-order valence-electron chi connectivity index (χ0n) is 48.3. The number of carboxylic acid groups (broad SMARTS) is 1. The number of likely N-dealkylation sites (tertiary alicyclic amines) is 2. The van der Waals surface area contributed by atoms with E-state index in [1.807, 2.05) is 124 Å². The van der Waals surface area contributed by atoms with Gasteiger partial charge in [0.25, 0.3) is 5.91 Å². The molecule has 4 aliphatic rings. The van der Waals surface area contributed by atoms with Crippen LogP contribution in [0.2, 0.25) is 0 Å². The van der Waals surface area contributed by atoms with E-state index < -0.39 is 29.6 Å². The molecule has 1 aliphatic carbocycles. The number of hydrogen-bond donors (Lipinski definition) is 5. The van der Waals surface area contributed by atoms with Crippen molar-refractivity contribution in [3.63, 3.8) is 0 Å². The molecule has 85 heavy (non-hydrogen) atoms. The molecule has 4 aromatic carbocycles. The lowest BCUT2D eigenvalue weighted by Crippen LogP contribution is -2.58. The van der Waals surface area contributed by atoms with Crippen LogP contribution in [0.25, 0.3) is 20.7 Å². The maximum Gasteiger partial charge on any atom is 0.355 e. The number of anilines is 2. The summed E-state index contributed by atoms with van der Waals surface area (Å²) in [5.41, 5.74) is 8.47. The van der Waals surface area contributed by atoms with Gasteiger partial charge in [-0.15, -0.1) is 22.7 Å². The summed E-state index contributed by atoms with van der Waals surface area (Å²) in [4.78, 5) is 88.8. The molecule has 17 nitrogen and oxygen atoms in total. The molecule has 0 bridgehead atoms. The van der Waals surface area contributed by atoms with Crippen molar-refractivity contribution in [2.24, 2.45) is 17.3 Å². The first kappa shape index (κ1) is 59.2. The third-order valence-corrected chi connectivity index (χ3v) is 19.8. The first-order valence-corrected chi connectivity index (χ1v) is 31.8. The van der Waals surface area contributed by atoms with Crippen molar-refractivity contribution < 1.29 is 38.9 Å². The van der Waals surface area contributed by atoms with Crippen LogP contribution in [0.3, 0.4) is 0 Å². The van der Waals surface area contributed by atoms with Gasteiger partial charge in [-0.2, -0.15) is 0 Å². The SMILES string of the molecule is Cc1ncsc1-c1ccc(CNC(=O)[C@@H]2C[C@@H](O)CN2C(=O)[C@@H](NC(=O)CC2CCC(N3CC(C#Cc4ccc(OCCCc5sc(N6CCc7cccc(C(=O)Nc8nc9ccccc9s8)c7C6)nc5C(=O)O)cc4)C3)CC2)C(C)(C)C)cc1. The number of amides is 4. The molecule has 3 atom stereocenters. The number of nitrogens with zero attached hydrogens (tertiary/aromatic N) is 6. The van der Waals surface area contributed by atoms with Gasteiger partial charge in [-0.1, -0.05) is 92.5 Å².